The van der Waals surface area contributed by atoms with Crippen molar-refractivity contribution in [1.29, 1.82) is 0 Å². The Bertz CT molecular complexity index is 2750. The zero-order chi connectivity index (χ0) is 73.6. The standard InChI is InChI=1S/C77H138O15Si5/c1-32-36-61-68(88-72(80)54-37-34-33-35-38-54)70(91-96(28,29)76(14,15)16)71(92-97(30,31)77(17,18)19)69(87-61)62(90-95(26,27)75(11,12)13)43-40-55(78)39-41-56-46-52(3)60(84-56)44-42-57-45-51(2)53(4)63(85-57)49-64-59(48-66(79)81-20)67(82-21)65(86-64)47-58(89-94(24,25)74(8,9)10)50-83-93(22,23)73(5,6)7/h32-35,37-38,40,43,51,55-65,67-71,78H,1,3-4,36,39,41-42,44-50H2,2,5-31H3/b43-40+/t51?,55?,56?,57?,58?,59?,60-,61?,62?,63+,64-,65+,67+,68?,69-,70?,71?/m0/s1. The van der Waals surface area contributed by atoms with Crippen molar-refractivity contribution in [2.45, 2.75) is 357 Å². The van der Waals surface area contributed by atoms with Crippen LogP contribution in [0.15, 0.2) is 79.4 Å². The number of benzene rings is 1. The molecule has 97 heavy (non-hydrogen) atoms. The van der Waals surface area contributed by atoms with Crippen molar-refractivity contribution >= 4 is 53.5 Å². The van der Waals surface area contributed by atoms with Gasteiger partial charge in [0.15, 0.2) is 47.7 Å². The maximum absolute atomic E-state index is 14.3. The van der Waals surface area contributed by atoms with Crippen LogP contribution in [0.3, 0.4) is 0 Å². The summed E-state index contributed by atoms with van der Waals surface area (Å²) < 4.78 is 83.4. The molecule has 17 atom stereocenters. The molecule has 4 aliphatic heterocycles. The van der Waals surface area contributed by atoms with Gasteiger partial charge in [-0.05, 0) is 165 Å². The number of ether oxygens (including phenoxy) is 7. The van der Waals surface area contributed by atoms with Gasteiger partial charge in [-0.3, -0.25) is 4.79 Å². The van der Waals surface area contributed by atoms with Crippen molar-refractivity contribution in [3.05, 3.63) is 85.0 Å². The maximum Gasteiger partial charge on any atom is 0.338 e. The molecule has 0 amide bonds. The molecule has 20 heteroatoms. The summed E-state index contributed by atoms with van der Waals surface area (Å²) in [4.78, 5) is 27.5. The van der Waals surface area contributed by atoms with Crippen LogP contribution >= 0.6 is 0 Å². The quantitative estimate of drug-likeness (QED) is 0.0424. The van der Waals surface area contributed by atoms with E-state index in [1.165, 1.54) is 7.11 Å². The minimum absolute atomic E-state index is 0.0189. The molecule has 4 fully saturated rings. The Labute approximate surface area is 595 Å². The number of aliphatic hydroxyl groups is 1. The van der Waals surface area contributed by atoms with Crippen molar-refractivity contribution in [3.8, 4) is 0 Å². The van der Waals surface area contributed by atoms with E-state index in [0.717, 1.165) is 30.4 Å². The van der Waals surface area contributed by atoms with Crippen molar-refractivity contribution in [2.75, 3.05) is 20.8 Å². The van der Waals surface area contributed by atoms with Gasteiger partial charge in [-0.1, -0.05) is 160 Å². The van der Waals surface area contributed by atoms with Crippen LogP contribution in [-0.4, -0.2) is 171 Å². The first-order valence-corrected chi connectivity index (χ1v) is 51.0. The molecule has 556 valence electrons. The van der Waals surface area contributed by atoms with E-state index in [4.69, 9.17) is 55.3 Å². The van der Waals surface area contributed by atoms with Gasteiger partial charge >= 0.3 is 11.9 Å². The number of hydrogen-bond acceptors (Lipinski definition) is 15. The van der Waals surface area contributed by atoms with E-state index in [1.54, 1.807) is 19.2 Å². The second-order valence-corrected chi connectivity index (χ2v) is 60.3. The third-order valence-electron chi connectivity index (χ3n) is 23.9. The van der Waals surface area contributed by atoms with Gasteiger partial charge in [0.1, 0.15) is 24.4 Å². The van der Waals surface area contributed by atoms with Crippen LogP contribution in [0.1, 0.15) is 185 Å². The number of carbonyl (C=O) groups is 2. The van der Waals surface area contributed by atoms with Crippen molar-refractivity contribution in [1.82, 2.24) is 0 Å². The lowest BCUT2D eigenvalue weighted by molar-refractivity contribution is -0.227. The molecule has 0 spiro atoms. The fraction of sp³-hybridized carbons (Fsp3) is 0.792. The molecule has 1 aromatic carbocycles. The SMILES string of the molecule is C=CCC1O[C@@H](C(/C=C/C(O)CCC2CC(=C)[C@H](CCC3CC(C)C(=C)[C@@H](C[C@@H]4O[C@H](CC(CO[Si](C)(C)C(C)(C)C)O[Si](C)(C)C(C)(C)C)[C@H](OC)C4CC(=O)OC)O3)O2)O[Si](C)(C)C(C)(C)C)C(O[Si](C)(C)C(C)(C)C)C(O[Si](C)(C)C(C)(C)C)C1OC(=O)c1ccccc1. The van der Waals surface area contributed by atoms with E-state index in [0.29, 0.717) is 50.7 Å². The van der Waals surface area contributed by atoms with Gasteiger partial charge in [-0.25, -0.2) is 4.79 Å². The molecule has 0 bridgehead atoms. The molecule has 0 radical (unpaired) electrons. The van der Waals surface area contributed by atoms with Gasteiger partial charge in [0, 0.05) is 25.9 Å². The van der Waals surface area contributed by atoms with Gasteiger partial charge in [-0.2, -0.15) is 0 Å². The number of methoxy groups -OCH3 is 2. The number of hydrogen-bond donors (Lipinski definition) is 1. The number of rotatable bonds is 31. The predicted molar refractivity (Wildman–Crippen MR) is 407 cm³/mol. The third-order valence-corrected chi connectivity index (χ3v) is 46.4. The molecule has 0 aromatic heterocycles. The molecule has 4 saturated heterocycles. The first-order valence-electron chi connectivity index (χ1n) is 36.5. The first kappa shape index (κ1) is 85.4. The van der Waals surface area contributed by atoms with Crippen LogP contribution in [0.4, 0.5) is 0 Å². The predicted octanol–water partition coefficient (Wildman–Crippen LogP) is 18.4. The average Bonchev–Trinajstić information content (AvgIpc) is 1.13. The molecule has 4 heterocycles. The molecule has 15 nitrogen and oxygen atoms in total. The zero-order valence-electron chi connectivity index (χ0n) is 66.0. The van der Waals surface area contributed by atoms with Crippen LogP contribution in [0.25, 0.3) is 0 Å². The monoisotopic (exact) mass is 1440 g/mol. The zero-order valence-corrected chi connectivity index (χ0v) is 71.0. The Balaban J connectivity index is 1.36. The van der Waals surface area contributed by atoms with Crippen LogP contribution in [0.2, 0.25) is 90.7 Å². The fourth-order valence-electron chi connectivity index (χ4n) is 12.3. The van der Waals surface area contributed by atoms with E-state index >= 15 is 0 Å². The molecule has 11 unspecified atom stereocenters. The van der Waals surface area contributed by atoms with Crippen LogP contribution in [0.5, 0.6) is 0 Å². The summed E-state index contributed by atoms with van der Waals surface area (Å²) in [5.41, 5.74) is 2.51. The molecule has 0 aliphatic carbocycles. The highest BCUT2D eigenvalue weighted by Gasteiger charge is 2.58. The lowest BCUT2D eigenvalue weighted by Crippen LogP contribution is -2.68. The van der Waals surface area contributed by atoms with Crippen molar-refractivity contribution < 1.29 is 70.0 Å². The summed E-state index contributed by atoms with van der Waals surface area (Å²) in [6.07, 6.45) is 4.17. The Hall–Kier alpha value is -2.24. The van der Waals surface area contributed by atoms with E-state index in [9.17, 15) is 14.7 Å². The normalized spacial score (nSPS) is 28.8. The summed E-state index contributed by atoms with van der Waals surface area (Å²) in [6, 6.07) is 9.08. The highest BCUT2D eigenvalue weighted by molar-refractivity contribution is 6.76. The fourth-order valence-corrected chi connectivity index (χ4v) is 18.5. The molecular formula is C77H138O15Si5. The smallest absolute Gasteiger partial charge is 0.338 e. The van der Waals surface area contributed by atoms with Gasteiger partial charge < -0.3 is 60.4 Å². The van der Waals surface area contributed by atoms with Crippen LogP contribution < -0.4 is 0 Å². The first-order chi connectivity index (χ1) is 44.3. The van der Waals surface area contributed by atoms with Crippen LogP contribution in [-0.2, 0) is 60.1 Å². The van der Waals surface area contributed by atoms with E-state index < -0.39 is 90.3 Å². The second-order valence-electron chi connectivity index (χ2n) is 36.5. The number of esters is 2. The average molecular weight is 1440 g/mol. The Morgan fingerprint density at radius 1 is 0.629 bits per heavy atom. The summed E-state index contributed by atoms with van der Waals surface area (Å²) in [5, 5.41) is 11.5. The van der Waals surface area contributed by atoms with Crippen molar-refractivity contribution in [3.63, 3.8) is 0 Å². The molecule has 5 rings (SSSR count). The summed E-state index contributed by atoms with van der Waals surface area (Å²) in [5.74, 6) is -0.855. The highest BCUT2D eigenvalue weighted by Crippen LogP contribution is 2.49. The van der Waals surface area contributed by atoms with Gasteiger partial charge in [0.05, 0.1) is 86.7 Å². The summed E-state index contributed by atoms with van der Waals surface area (Å²) in [6.45, 7) is 72.0. The Morgan fingerprint density at radius 3 is 1.71 bits per heavy atom. The van der Waals surface area contributed by atoms with Gasteiger partial charge in [-0.15, -0.1) is 6.58 Å². The van der Waals surface area contributed by atoms with Crippen LogP contribution in [0, 0.1) is 11.8 Å². The number of aliphatic hydroxyl groups excluding tert-OH is 1. The van der Waals surface area contributed by atoms with Crippen molar-refractivity contribution in [2.24, 2.45) is 11.8 Å². The minimum atomic E-state index is -2.65. The molecular weight excluding hydrogens is 1310 g/mol. The summed E-state index contributed by atoms with van der Waals surface area (Å²) >= 11 is 0. The molecule has 4 aliphatic rings. The van der Waals surface area contributed by atoms with Gasteiger partial charge in [0.25, 0.3) is 0 Å². The van der Waals surface area contributed by atoms with E-state index in [2.05, 4.69) is 196 Å². The van der Waals surface area contributed by atoms with E-state index in [1.807, 2.05) is 36.4 Å². The number of carbonyl (C=O) groups excluding carboxylic acids is 2. The molecule has 0 saturated carbocycles. The summed E-state index contributed by atoms with van der Waals surface area (Å²) in [7, 11) is -9.10. The highest BCUT2D eigenvalue weighted by atomic mass is 28.4. The Morgan fingerprint density at radius 2 is 1.18 bits per heavy atom. The molecule has 1 aromatic rings. The maximum atomic E-state index is 14.3. The Kier molecular flexibility index (Phi) is 29.7. The van der Waals surface area contributed by atoms with Gasteiger partial charge in [0.2, 0.25) is 0 Å². The second kappa shape index (κ2) is 33.7. The van der Waals surface area contributed by atoms with E-state index in [-0.39, 0.29) is 98.2 Å². The largest absolute Gasteiger partial charge is 0.469 e. The minimum Gasteiger partial charge on any atom is -0.469 e. The topological polar surface area (TPSA) is 165 Å². The lowest BCUT2D eigenvalue weighted by Gasteiger charge is -2.54. The molecule has 1 N–H and O–H groups in total. The lowest BCUT2D eigenvalue weighted by atomic mass is 9.82. The third kappa shape index (κ3) is 22.6.